The van der Waals surface area contributed by atoms with Crippen LogP contribution in [0.1, 0.15) is 0 Å². The topological polar surface area (TPSA) is 50.2 Å². The van der Waals surface area contributed by atoms with Crippen molar-refractivity contribution in [2.24, 2.45) is 0 Å². The summed E-state index contributed by atoms with van der Waals surface area (Å²) in [7, 11) is 0. The van der Waals surface area contributed by atoms with Gasteiger partial charge in [0, 0.05) is 12.4 Å². The summed E-state index contributed by atoms with van der Waals surface area (Å²) in [5, 5.41) is 0. The molecule has 0 aliphatic heterocycles. The predicted molar refractivity (Wildman–Crippen MR) is 40.4 cm³/mol. The molecule has 1 atom stereocenters. The molecule has 0 amide bonds. The third-order valence-corrected chi connectivity index (χ3v) is 1.48. The van der Waals surface area contributed by atoms with Crippen LogP contribution in [0.15, 0.2) is 29.4 Å². The molecule has 1 aromatic heterocycles. The predicted octanol–water partition coefficient (Wildman–Crippen LogP) is 0.0137. The summed E-state index contributed by atoms with van der Waals surface area (Å²) >= 11 is -1.89. The van der Waals surface area contributed by atoms with Gasteiger partial charge < -0.3 is 4.55 Å². The van der Waals surface area contributed by atoms with Crippen LogP contribution in [-0.2, 0) is 11.1 Å². The zero-order valence-corrected chi connectivity index (χ0v) is 5.34. The van der Waals surface area contributed by atoms with E-state index in [9.17, 15) is 4.21 Å². The summed E-state index contributed by atoms with van der Waals surface area (Å²) in [4.78, 5) is 3.98. The fourth-order valence-corrected chi connectivity index (χ4v) is 0.796. The fraction of sp³-hybridized carbons (Fsp3) is 0. The Bertz CT molecular complexity index is 216. The normalized spacial score (nSPS) is 11.7. The van der Waals surface area contributed by atoms with Crippen molar-refractivity contribution in [3.8, 4) is 0 Å². The first-order valence-corrected chi connectivity index (χ1v) is 3.42. The van der Waals surface area contributed by atoms with Crippen LogP contribution in [0.25, 0.3) is 0 Å². The SMILES string of the molecule is O=S(O)c1cccnc1.[NaH]. The van der Waals surface area contributed by atoms with Crippen LogP contribution in [0, 0.1) is 0 Å². The molecular formula is C5H6NNaO2S. The Morgan fingerprint density at radius 2 is 2.30 bits per heavy atom. The maximum atomic E-state index is 10.3. The molecule has 1 unspecified atom stereocenters. The van der Waals surface area contributed by atoms with Gasteiger partial charge in [-0.3, -0.25) is 4.98 Å². The number of nitrogens with zero attached hydrogens (tertiary/aromatic N) is 1. The minimum atomic E-state index is -1.89. The van der Waals surface area contributed by atoms with Crippen LogP contribution in [0.4, 0.5) is 0 Å². The Labute approximate surface area is 83.4 Å². The van der Waals surface area contributed by atoms with E-state index in [1.165, 1.54) is 6.20 Å². The first kappa shape index (κ1) is 10.3. The average molecular weight is 167 g/mol. The van der Waals surface area contributed by atoms with Gasteiger partial charge in [-0.2, -0.15) is 0 Å². The Hall–Kier alpha value is 0.260. The van der Waals surface area contributed by atoms with E-state index in [0.717, 1.165) is 0 Å². The van der Waals surface area contributed by atoms with Crippen molar-refractivity contribution in [3.63, 3.8) is 0 Å². The third kappa shape index (κ3) is 2.90. The van der Waals surface area contributed by atoms with Crippen molar-refractivity contribution in [1.29, 1.82) is 0 Å². The van der Waals surface area contributed by atoms with Gasteiger partial charge in [0.25, 0.3) is 0 Å². The van der Waals surface area contributed by atoms with E-state index in [4.69, 9.17) is 4.55 Å². The first-order chi connectivity index (χ1) is 4.30. The zero-order chi connectivity index (χ0) is 6.69. The molecule has 1 heterocycles. The van der Waals surface area contributed by atoms with Gasteiger partial charge in [-0.05, 0) is 12.1 Å². The van der Waals surface area contributed by atoms with Gasteiger partial charge in [0.2, 0.25) is 0 Å². The number of hydrogen-bond donors (Lipinski definition) is 1. The number of hydrogen-bond acceptors (Lipinski definition) is 2. The molecular weight excluding hydrogens is 161 g/mol. The summed E-state index contributed by atoms with van der Waals surface area (Å²) in [5.41, 5.74) is 0. The zero-order valence-electron chi connectivity index (χ0n) is 4.52. The van der Waals surface area contributed by atoms with E-state index >= 15 is 0 Å². The van der Waals surface area contributed by atoms with Crippen molar-refractivity contribution >= 4 is 40.6 Å². The molecule has 1 N–H and O–H groups in total. The summed E-state index contributed by atoms with van der Waals surface area (Å²) in [6, 6.07) is 3.16. The van der Waals surface area contributed by atoms with Crippen molar-refractivity contribution in [2.75, 3.05) is 0 Å². The van der Waals surface area contributed by atoms with Gasteiger partial charge in [0.05, 0.1) is 4.90 Å². The van der Waals surface area contributed by atoms with Gasteiger partial charge >= 0.3 is 29.6 Å². The van der Waals surface area contributed by atoms with Crippen LogP contribution in [0.3, 0.4) is 0 Å². The van der Waals surface area contributed by atoms with E-state index in [0.29, 0.717) is 4.90 Å². The summed E-state index contributed by atoms with van der Waals surface area (Å²) in [6.07, 6.45) is 2.91. The van der Waals surface area contributed by atoms with Crippen molar-refractivity contribution in [2.45, 2.75) is 4.90 Å². The molecule has 10 heavy (non-hydrogen) atoms. The third-order valence-electron chi connectivity index (χ3n) is 0.836. The van der Waals surface area contributed by atoms with Gasteiger partial charge in [0.15, 0.2) is 11.1 Å². The Morgan fingerprint density at radius 3 is 2.60 bits per heavy atom. The van der Waals surface area contributed by atoms with E-state index in [2.05, 4.69) is 4.98 Å². The van der Waals surface area contributed by atoms with Gasteiger partial charge in [0.1, 0.15) is 0 Å². The van der Waals surface area contributed by atoms with E-state index in [-0.39, 0.29) is 29.6 Å². The second-order valence-corrected chi connectivity index (χ2v) is 2.41. The van der Waals surface area contributed by atoms with E-state index in [1.807, 2.05) is 0 Å². The molecule has 50 valence electrons. The molecule has 0 aliphatic carbocycles. The minimum absolute atomic E-state index is 0. The molecule has 0 bridgehead atoms. The molecule has 0 aromatic carbocycles. The van der Waals surface area contributed by atoms with E-state index < -0.39 is 11.1 Å². The van der Waals surface area contributed by atoms with Crippen LogP contribution in [0.2, 0.25) is 0 Å². The summed E-state index contributed by atoms with van der Waals surface area (Å²) < 4.78 is 18.7. The molecule has 0 fully saturated rings. The molecule has 0 spiro atoms. The van der Waals surface area contributed by atoms with Crippen molar-refractivity contribution in [3.05, 3.63) is 24.5 Å². The number of rotatable bonds is 1. The fourth-order valence-electron chi connectivity index (χ4n) is 0.450. The molecule has 1 aromatic rings. The Balaban J connectivity index is 0.000000810. The van der Waals surface area contributed by atoms with Crippen molar-refractivity contribution in [1.82, 2.24) is 4.98 Å². The molecule has 0 aliphatic rings. The standard InChI is InChI=1S/C5H5NO2S.Na.H/c7-9(8)5-2-1-3-6-4-5;;/h1-4H,(H,7,8);;. The van der Waals surface area contributed by atoms with E-state index in [1.54, 1.807) is 18.3 Å². The second kappa shape index (κ2) is 4.98. The first-order valence-electron chi connectivity index (χ1n) is 2.31. The van der Waals surface area contributed by atoms with Gasteiger partial charge in [-0.15, -0.1) is 0 Å². The quantitative estimate of drug-likeness (QED) is 0.473. The molecule has 3 nitrogen and oxygen atoms in total. The maximum absolute atomic E-state index is 10.3. The Morgan fingerprint density at radius 1 is 1.60 bits per heavy atom. The number of pyridine rings is 1. The van der Waals surface area contributed by atoms with Gasteiger partial charge in [-0.25, -0.2) is 4.21 Å². The Kier molecular flexibility index (Phi) is 5.11. The number of aromatic nitrogens is 1. The molecule has 1 rings (SSSR count). The van der Waals surface area contributed by atoms with Crippen LogP contribution in [0.5, 0.6) is 0 Å². The van der Waals surface area contributed by atoms with Crippen molar-refractivity contribution < 1.29 is 8.76 Å². The summed E-state index contributed by atoms with van der Waals surface area (Å²) in [6.45, 7) is 0. The van der Waals surface area contributed by atoms with Gasteiger partial charge in [-0.1, -0.05) is 0 Å². The summed E-state index contributed by atoms with van der Waals surface area (Å²) in [5.74, 6) is 0. The van der Waals surface area contributed by atoms with Crippen LogP contribution < -0.4 is 0 Å². The van der Waals surface area contributed by atoms with Crippen LogP contribution >= 0.6 is 0 Å². The second-order valence-electron chi connectivity index (χ2n) is 1.44. The molecule has 5 heteroatoms. The molecule has 0 saturated heterocycles. The van der Waals surface area contributed by atoms with Crippen LogP contribution in [-0.4, -0.2) is 43.3 Å². The molecule has 0 saturated carbocycles. The average Bonchev–Trinajstić information content (AvgIpc) is 1.90. The monoisotopic (exact) mass is 167 g/mol. The molecule has 0 radical (unpaired) electrons.